The van der Waals surface area contributed by atoms with Crippen LogP contribution in [0.2, 0.25) is 0 Å². The third-order valence-electron chi connectivity index (χ3n) is 4.55. The molecule has 0 aromatic heterocycles. The minimum atomic E-state index is 0.297. The molecule has 2 heteroatoms. The lowest BCUT2D eigenvalue weighted by Gasteiger charge is -2.44. The van der Waals surface area contributed by atoms with Crippen molar-refractivity contribution < 1.29 is 0 Å². The molecule has 1 aromatic rings. The van der Waals surface area contributed by atoms with Crippen LogP contribution in [0.1, 0.15) is 38.7 Å². The molecule has 1 aromatic carbocycles. The maximum atomic E-state index is 3.44. The third-order valence-corrected chi connectivity index (χ3v) is 4.55. The fourth-order valence-electron chi connectivity index (χ4n) is 3.02. The van der Waals surface area contributed by atoms with E-state index in [0.717, 1.165) is 0 Å². The highest BCUT2D eigenvalue weighted by Crippen LogP contribution is 2.25. The molecular formula is C17H28N2. The molecule has 1 saturated heterocycles. The first kappa shape index (κ1) is 14.5. The fourth-order valence-corrected chi connectivity index (χ4v) is 3.02. The molecule has 0 saturated carbocycles. The van der Waals surface area contributed by atoms with Gasteiger partial charge in [0.1, 0.15) is 0 Å². The van der Waals surface area contributed by atoms with Crippen molar-refractivity contribution in [1.82, 2.24) is 10.2 Å². The van der Waals surface area contributed by atoms with Crippen molar-refractivity contribution in [1.29, 1.82) is 0 Å². The molecule has 2 rings (SSSR count). The van der Waals surface area contributed by atoms with E-state index < -0.39 is 0 Å². The highest BCUT2D eigenvalue weighted by atomic mass is 15.2. The Labute approximate surface area is 118 Å². The molecule has 1 N–H and O–H groups in total. The molecule has 0 spiro atoms. The third kappa shape index (κ3) is 4.05. The predicted octanol–water partition coefficient (Wildman–Crippen LogP) is 3.08. The number of nitrogens with one attached hydrogen (secondary N) is 1. The number of piperidine rings is 1. The molecule has 0 radical (unpaired) electrons. The van der Waals surface area contributed by atoms with Gasteiger partial charge in [0.15, 0.2) is 0 Å². The van der Waals surface area contributed by atoms with E-state index in [1.165, 1.54) is 44.3 Å². The van der Waals surface area contributed by atoms with Crippen LogP contribution in [0.15, 0.2) is 30.3 Å². The maximum Gasteiger partial charge on any atom is 0.0192 e. The smallest absolute Gasteiger partial charge is 0.0192 e. The lowest BCUT2D eigenvalue weighted by Crippen LogP contribution is -2.53. The van der Waals surface area contributed by atoms with Crippen LogP contribution in [-0.4, -0.2) is 36.6 Å². The molecule has 1 unspecified atom stereocenters. The molecule has 106 valence electrons. The number of hydrogen-bond acceptors (Lipinski definition) is 2. The van der Waals surface area contributed by atoms with E-state index in [1.807, 2.05) is 0 Å². The topological polar surface area (TPSA) is 15.3 Å². The van der Waals surface area contributed by atoms with Crippen LogP contribution in [-0.2, 0) is 6.42 Å². The van der Waals surface area contributed by atoms with E-state index in [9.17, 15) is 0 Å². The monoisotopic (exact) mass is 260 g/mol. The first-order chi connectivity index (χ1) is 9.12. The molecular weight excluding hydrogens is 232 g/mol. The molecule has 1 aliphatic heterocycles. The van der Waals surface area contributed by atoms with Gasteiger partial charge in [-0.05, 0) is 58.7 Å². The number of hydrogen-bond donors (Lipinski definition) is 1. The van der Waals surface area contributed by atoms with Crippen molar-refractivity contribution in [3.63, 3.8) is 0 Å². The van der Waals surface area contributed by atoms with E-state index in [4.69, 9.17) is 0 Å². The van der Waals surface area contributed by atoms with Crippen molar-refractivity contribution in [2.24, 2.45) is 0 Å². The lowest BCUT2D eigenvalue weighted by molar-refractivity contribution is 0.0730. The van der Waals surface area contributed by atoms with Gasteiger partial charge in [-0.25, -0.2) is 0 Å². The molecule has 1 heterocycles. The average Bonchev–Trinajstić information content (AvgIpc) is 2.46. The zero-order chi connectivity index (χ0) is 13.7. The van der Waals surface area contributed by atoms with Gasteiger partial charge in [-0.15, -0.1) is 0 Å². The standard InChI is InChI=1S/C17H28N2/c1-17(2,12-11-15-8-5-4-6-9-15)19-13-7-10-16(14-19)18-3/h4-6,8-9,16,18H,7,10-14H2,1-3H3. The minimum absolute atomic E-state index is 0.297. The predicted molar refractivity (Wildman–Crippen MR) is 82.5 cm³/mol. The van der Waals surface area contributed by atoms with Crippen LogP contribution in [0, 0.1) is 0 Å². The van der Waals surface area contributed by atoms with Gasteiger partial charge in [0, 0.05) is 18.1 Å². The summed E-state index contributed by atoms with van der Waals surface area (Å²) in [6.07, 6.45) is 5.05. The number of likely N-dealkylation sites (N-methyl/N-ethyl adjacent to an activating group) is 1. The molecule has 19 heavy (non-hydrogen) atoms. The highest BCUT2D eigenvalue weighted by molar-refractivity contribution is 5.15. The van der Waals surface area contributed by atoms with Crippen molar-refractivity contribution >= 4 is 0 Å². The van der Waals surface area contributed by atoms with Gasteiger partial charge in [-0.3, -0.25) is 4.90 Å². The van der Waals surface area contributed by atoms with Crippen LogP contribution in [0.3, 0.4) is 0 Å². The largest absolute Gasteiger partial charge is 0.316 e. The van der Waals surface area contributed by atoms with Crippen LogP contribution in [0.4, 0.5) is 0 Å². The second-order valence-electron chi connectivity index (χ2n) is 6.37. The molecule has 0 aliphatic carbocycles. The first-order valence-electron chi connectivity index (χ1n) is 7.58. The van der Waals surface area contributed by atoms with Crippen molar-refractivity contribution in [3.8, 4) is 0 Å². The number of benzene rings is 1. The summed E-state index contributed by atoms with van der Waals surface area (Å²) in [5.41, 5.74) is 1.75. The molecule has 0 bridgehead atoms. The lowest BCUT2D eigenvalue weighted by atomic mass is 9.90. The average molecular weight is 260 g/mol. The molecule has 1 fully saturated rings. The van der Waals surface area contributed by atoms with Crippen molar-refractivity contribution in [2.45, 2.75) is 51.1 Å². The summed E-state index contributed by atoms with van der Waals surface area (Å²) in [7, 11) is 2.09. The Morgan fingerprint density at radius 3 is 2.68 bits per heavy atom. The van der Waals surface area contributed by atoms with Gasteiger partial charge >= 0.3 is 0 Å². The van der Waals surface area contributed by atoms with Crippen LogP contribution in [0.5, 0.6) is 0 Å². The summed E-state index contributed by atoms with van der Waals surface area (Å²) in [4.78, 5) is 2.67. The Morgan fingerprint density at radius 1 is 1.26 bits per heavy atom. The van der Waals surface area contributed by atoms with E-state index in [1.54, 1.807) is 0 Å². The number of rotatable bonds is 5. The fraction of sp³-hybridized carbons (Fsp3) is 0.647. The summed E-state index contributed by atoms with van der Waals surface area (Å²) in [5, 5.41) is 3.44. The van der Waals surface area contributed by atoms with E-state index in [0.29, 0.717) is 11.6 Å². The zero-order valence-corrected chi connectivity index (χ0v) is 12.7. The van der Waals surface area contributed by atoms with E-state index >= 15 is 0 Å². The van der Waals surface area contributed by atoms with Gasteiger partial charge in [-0.1, -0.05) is 30.3 Å². The molecule has 2 nitrogen and oxygen atoms in total. The van der Waals surface area contributed by atoms with E-state index in [2.05, 4.69) is 61.4 Å². The van der Waals surface area contributed by atoms with Gasteiger partial charge < -0.3 is 5.32 Å². The Balaban J connectivity index is 1.90. The van der Waals surface area contributed by atoms with Crippen LogP contribution >= 0.6 is 0 Å². The normalized spacial score (nSPS) is 21.5. The Bertz CT molecular complexity index is 372. The van der Waals surface area contributed by atoms with Gasteiger partial charge in [0.05, 0.1) is 0 Å². The zero-order valence-electron chi connectivity index (χ0n) is 12.7. The van der Waals surface area contributed by atoms with Crippen molar-refractivity contribution in [3.05, 3.63) is 35.9 Å². The second-order valence-corrected chi connectivity index (χ2v) is 6.37. The van der Waals surface area contributed by atoms with Crippen LogP contribution in [0.25, 0.3) is 0 Å². The SMILES string of the molecule is CNC1CCCN(C(C)(C)CCc2ccccc2)C1. The molecule has 1 atom stereocenters. The first-order valence-corrected chi connectivity index (χ1v) is 7.58. The minimum Gasteiger partial charge on any atom is -0.316 e. The Kier molecular flexibility index (Phi) is 5.00. The van der Waals surface area contributed by atoms with Gasteiger partial charge in [0.25, 0.3) is 0 Å². The van der Waals surface area contributed by atoms with Crippen LogP contribution < -0.4 is 5.32 Å². The number of likely N-dealkylation sites (tertiary alicyclic amines) is 1. The van der Waals surface area contributed by atoms with Gasteiger partial charge in [-0.2, -0.15) is 0 Å². The number of aryl methyl sites for hydroxylation is 1. The Morgan fingerprint density at radius 2 is 2.00 bits per heavy atom. The number of nitrogens with zero attached hydrogens (tertiary/aromatic N) is 1. The Hall–Kier alpha value is -0.860. The quantitative estimate of drug-likeness (QED) is 0.875. The molecule has 1 aliphatic rings. The summed E-state index contributed by atoms with van der Waals surface area (Å²) in [6, 6.07) is 11.5. The maximum absolute atomic E-state index is 3.44. The summed E-state index contributed by atoms with van der Waals surface area (Å²) in [5.74, 6) is 0. The van der Waals surface area contributed by atoms with Gasteiger partial charge in [0.2, 0.25) is 0 Å². The second kappa shape index (κ2) is 6.53. The molecule has 0 amide bonds. The highest BCUT2D eigenvalue weighted by Gasteiger charge is 2.30. The van der Waals surface area contributed by atoms with Crippen molar-refractivity contribution in [2.75, 3.05) is 20.1 Å². The summed E-state index contributed by atoms with van der Waals surface area (Å²) >= 11 is 0. The van der Waals surface area contributed by atoms with E-state index in [-0.39, 0.29) is 0 Å². The summed E-state index contributed by atoms with van der Waals surface area (Å²) in [6.45, 7) is 7.24. The summed E-state index contributed by atoms with van der Waals surface area (Å²) < 4.78 is 0.